The second-order valence-electron chi connectivity index (χ2n) is 3.24. The van der Waals surface area contributed by atoms with E-state index in [0.29, 0.717) is 5.16 Å². The summed E-state index contributed by atoms with van der Waals surface area (Å²) in [5, 5.41) is 14.8. The lowest BCUT2D eigenvalue weighted by Crippen LogP contribution is -2.10. The molecule has 2 aromatic rings. The second-order valence-corrected chi connectivity index (χ2v) is 4.28. The summed E-state index contributed by atoms with van der Waals surface area (Å²) in [6, 6.07) is 7.41. The number of benzene rings is 1. The summed E-state index contributed by atoms with van der Waals surface area (Å²) in [5.41, 5.74) is 6.08. The van der Waals surface area contributed by atoms with E-state index in [2.05, 4.69) is 15.2 Å². The van der Waals surface area contributed by atoms with Crippen molar-refractivity contribution in [2.24, 2.45) is 5.73 Å². The number of aryl methyl sites for hydroxylation is 1. The fourth-order valence-electron chi connectivity index (χ4n) is 1.18. The average molecular weight is 233 g/mol. The molecular formula is C10H11N5S. The Balaban J connectivity index is 2.14. The smallest absolute Gasteiger partial charge is 0.213 e. The molecule has 4 N–H and O–H groups in total. The third-order valence-corrected chi connectivity index (χ3v) is 2.82. The van der Waals surface area contributed by atoms with Crippen LogP contribution in [0.25, 0.3) is 0 Å². The lowest BCUT2D eigenvalue weighted by molar-refractivity contribution is 0.969. The van der Waals surface area contributed by atoms with Gasteiger partial charge in [0.2, 0.25) is 5.16 Å². The SMILES string of the molecule is Cc1nc(Sc2ccc(C(=N)N)cc2)n[nH]1. The maximum absolute atomic E-state index is 7.27. The van der Waals surface area contributed by atoms with Crippen LogP contribution in [0.3, 0.4) is 0 Å². The maximum atomic E-state index is 7.27. The quantitative estimate of drug-likeness (QED) is 0.554. The Hall–Kier alpha value is -1.82. The van der Waals surface area contributed by atoms with Crippen molar-refractivity contribution < 1.29 is 0 Å². The lowest BCUT2D eigenvalue weighted by Gasteiger charge is -1.99. The van der Waals surface area contributed by atoms with Gasteiger partial charge in [0, 0.05) is 10.5 Å². The van der Waals surface area contributed by atoms with Gasteiger partial charge in [0.05, 0.1) is 0 Å². The minimum atomic E-state index is 0.0743. The Kier molecular flexibility index (Phi) is 2.91. The first-order chi connectivity index (χ1) is 7.65. The second kappa shape index (κ2) is 4.36. The predicted molar refractivity (Wildman–Crippen MR) is 62.7 cm³/mol. The van der Waals surface area contributed by atoms with Gasteiger partial charge in [0.1, 0.15) is 11.7 Å². The molecule has 0 radical (unpaired) electrons. The number of hydrogen-bond donors (Lipinski definition) is 3. The summed E-state index contributed by atoms with van der Waals surface area (Å²) >= 11 is 1.46. The third-order valence-electron chi connectivity index (χ3n) is 1.95. The number of nitrogens with one attached hydrogen (secondary N) is 2. The van der Waals surface area contributed by atoms with Crippen LogP contribution in [0.2, 0.25) is 0 Å². The van der Waals surface area contributed by atoms with E-state index in [1.165, 1.54) is 11.8 Å². The molecule has 0 atom stereocenters. The molecule has 0 aliphatic rings. The van der Waals surface area contributed by atoms with Gasteiger partial charge in [-0.3, -0.25) is 10.5 Å². The van der Waals surface area contributed by atoms with E-state index in [1.807, 2.05) is 31.2 Å². The van der Waals surface area contributed by atoms with Crippen LogP contribution in [0.4, 0.5) is 0 Å². The van der Waals surface area contributed by atoms with Crippen molar-refractivity contribution in [1.29, 1.82) is 5.41 Å². The van der Waals surface area contributed by atoms with E-state index in [4.69, 9.17) is 11.1 Å². The first-order valence-corrected chi connectivity index (χ1v) is 5.48. The Labute approximate surface area is 97.0 Å². The van der Waals surface area contributed by atoms with E-state index in [-0.39, 0.29) is 5.84 Å². The number of aromatic nitrogens is 3. The summed E-state index contributed by atoms with van der Waals surface area (Å²) in [4.78, 5) is 5.21. The highest BCUT2D eigenvalue weighted by Crippen LogP contribution is 2.24. The largest absolute Gasteiger partial charge is 0.384 e. The van der Waals surface area contributed by atoms with Gasteiger partial charge in [-0.05, 0) is 30.8 Å². The van der Waals surface area contributed by atoms with Gasteiger partial charge in [-0.15, -0.1) is 5.10 Å². The van der Waals surface area contributed by atoms with Gasteiger partial charge >= 0.3 is 0 Å². The van der Waals surface area contributed by atoms with Crippen molar-refractivity contribution in [1.82, 2.24) is 15.2 Å². The van der Waals surface area contributed by atoms with Crippen LogP contribution in [0.5, 0.6) is 0 Å². The van der Waals surface area contributed by atoms with Crippen molar-refractivity contribution in [3.8, 4) is 0 Å². The number of rotatable bonds is 3. The monoisotopic (exact) mass is 233 g/mol. The van der Waals surface area contributed by atoms with E-state index in [0.717, 1.165) is 16.3 Å². The highest BCUT2D eigenvalue weighted by Gasteiger charge is 2.03. The average Bonchev–Trinajstić information content (AvgIpc) is 2.65. The molecule has 0 saturated carbocycles. The molecule has 0 unspecified atom stereocenters. The molecule has 1 aromatic carbocycles. The van der Waals surface area contributed by atoms with Crippen LogP contribution in [-0.2, 0) is 0 Å². The molecular weight excluding hydrogens is 222 g/mol. The Morgan fingerprint density at radius 1 is 1.38 bits per heavy atom. The van der Waals surface area contributed by atoms with Gasteiger partial charge < -0.3 is 5.73 Å². The van der Waals surface area contributed by atoms with E-state index in [9.17, 15) is 0 Å². The van der Waals surface area contributed by atoms with Crippen LogP contribution in [0.15, 0.2) is 34.3 Å². The lowest BCUT2D eigenvalue weighted by atomic mass is 10.2. The number of aromatic amines is 1. The molecule has 0 spiro atoms. The van der Waals surface area contributed by atoms with Gasteiger partial charge in [-0.2, -0.15) is 0 Å². The molecule has 0 aliphatic carbocycles. The molecule has 0 bridgehead atoms. The number of nitrogens with zero attached hydrogens (tertiary/aromatic N) is 2. The molecule has 6 heteroatoms. The highest BCUT2D eigenvalue weighted by molar-refractivity contribution is 7.99. The van der Waals surface area contributed by atoms with Crippen LogP contribution >= 0.6 is 11.8 Å². The minimum absolute atomic E-state index is 0.0743. The number of amidine groups is 1. The van der Waals surface area contributed by atoms with Gasteiger partial charge in [0.25, 0.3) is 0 Å². The van der Waals surface area contributed by atoms with Gasteiger partial charge in [0.15, 0.2) is 0 Å². The topological polar surface area (TPSA) is 91.4 Å². The van der Waals surface area contributed by atoms with Crippen LogP contribution < -0.4 is 5.73 Å². The zero-order chi connectivity index (χ0) is 11.5. The van der Waals surface area contributed by atoms with Crippen LogP contribution in [-0.4, -0.2) is 21.0 Å². The zero-order valence-corrected chi connectivity index (χ0v) is 9.51. The van der Waals surface area contributed by atoms with E-state index in [1.54, 1.807) is 0 Å². The number of hydrogen-bond acceptors (Lipinski definition) is 4. The maximum Gasteiger partial charge on any atom is 0.213 e. The Morgan fingerprint density at radius 2 is 2.06 bits per heavy atom. The molecule has 1 heterocycles. The molecule has 0 fully saturated rings. The molecule has 5 nitrogen and oxygen atoms in total. The molecule has 0 aliphatic heterocycles. The summed E-state index contributed by atoms with van der Waals surface area (Å²) in [6.07, 6.45) is 0. The first-order valence-electron chi connectivity index (χ1n) is 4.66. The van der Waals surface area contributed by atoms with Gasteiger partial charge in [-0.1, -0.05) is 12.1 Å². The van der Waals surface area contributed by atoms with Crippen molar-refractivity contribution in [2.45, 2.75) is 17.0 Å². The van der Waals surface area contributed by atoms with Crippen molar-refractivity contribution in [3.63, 3.8) is 0 Å². The summed E-state index contributed by atoms with van der Waals surface area (Å²) in [5.74, 6) is 0.869. The Bertz CT molecular complexity index is 502. The molecule has 16 heavy (non-hydrogen) atoms. The predicted octanol–water partition coefficient (Wildman–Crippen LogP) is 1.55. The molecule has 0 saturated heterocycles. The standard InChI is InChI=1S/C10H11N5S/c1-6-13-10(15-14-6)16-8-4-2-7(3-5-8)9(11)12/h2-5H,1H3,(H3,11,12)(H,13,14,15). The minimum Gasteiger partial charge on any atom is -0.384 e. The van der Waals surface area contributed by atoms with Crippen molar-refractivity contribution in [2.75, 3.05) is 0 Å². The highest BCUT2D eigenvalue weighted by atomic mass is 32.2. The van der Waals surface area contributed by atoms with E-state index < -0.39 is 0 Å². The van der Waals surface area contributed by atoms with Crippen molar-refractivity contribution >= 4 is 17.6 Å². The Morgan fingerprint density at radius 3 is 2.56 bits per heavy atom. The van der Waals surface area contributed by atoms with Gasteiger partial charge in [-0.25, -0.2) is 4.98 Å². The fraction of sp³-hybridized carbons (Fsp3) is 0.100. The molecule has 82 valence electrons. The molecule has 0 amide bonds. The van der Waals surface area contributed by atoms with Crippen LogP contribution in [0.1, 0.15) is 11.4 Å². The first kappa shape index (κ1) is 10.7. The number of nitrogens with two attached hydrogens (primary N) is 1. The van der Waals surface area contributed by atoms with E-state index >= 15 is 0 Å². The zero-order valence-electron chi connectivity index (χ0n) is 8.69. The summed E-state index contributed by atoms with van der Waals surface area (Å²) in [6.45, 7) is 1.86. The third kappa shape index (κ3) is 2.40. The van der Waals surface area contributed by atoms with Crippen LogP contribution in [0, 0.1) is 12.3 Å². The summed E-state index contributed by atoms with van der Waals surface area (Å²) in [7, 11) is 0. The summed E-state index contributed by atoms with van der Waals surface area (Å²) < 4.78 is 0. The fourth-order valence-corrected chi connectivity index (χ4v) is 1.93. The molecule has 1 aromatic heterocycles. The molecule has 2 rings (SSSR count). The normalized spacial score (nSPS) is 10.3. The number of H-pyrrole nitrogens is 1. The van der Waals surface area contributed by atoms with Crippen molar-refractivity contribution in [3.05, 3.63) is 35.7 Å². The number of nitrogen functional groups attached to an aromatic ring is 1.